The summed E-state index contributed by atoms with van der Waals surface area (Å²) in [5.74, 6) is -0.0150. The Hall–Kier alpha value is -4.24. The van der Waals surface area contributed by atoms with Gasteiger partial charge in [-0.1, -0.05) is 58.9 Å². The zero-order chi connectivity index (χ0) is 32.7. The zero-order valence-corrected chi connectivity index (χ0v) is 27.3. The quantitative estimate of drug-likeness (QED) is 0.167. The summed E-state index contributed by atoms with van der Waals surface area (Å²) in [6.07, 6.45) is 3.97. The van der Waals surface area contributed by atoms with E-state index < -0.39 is 17.2 Å². The molecule has 2 aliphatic rings. The Morgan fingerprint density at radius 1 is 1.09 bits per heavy atom. The number of ether oxygens (including phenoxy) is 1. The smallest absolute Gasteiger partial charge is 0.256 e. The van der Waals surface area contributed by atoms with Gasteiger partial charge >= 0.3 is 0 Å². The van der Waals surface area contributed by atoms with Crippen LogP contribution in [-0.4, -0.2) is 48.5 Å². The highest BCUT2D eigenvalue weighted by Crippen LogP contribution is 2.48. The summed E-state index contributed by atoms with van der Waals surface area (Å²) in [6, 6.07) is 13.3. The van der Waals surface area contributed by atoms with Gasteiger partial charge in [-0.3, -0.25) is 14.4 Å². The van der Waals surface area contributed by atoms with E-state index in [0.717, 1.165) is 23.7 Å². The van der Waals surface area contributed by atoms with Crippen molar-refractivity contribution in [3.63, 3.8) is 0 Å². The fraction of sp³-hybridized carbons (Fsp3) is 0.432. The SMILES string of the molecule is CC(C)NCCCNC(=O)c1cn2c3c(c(N4CCC(CC(=O)CC(C)(C)C)C4)c(F)cc3c1=O)Oc1cc3ccccc3cc1-2. The lowest BCUT2D eigenvalue weighted by Crippen LogP contribution is -2.33. The molecule has 9 heteroatoms. The van der Waals surface area contributed by atoms with Gasteiger partial charge in [-0.05, 0) is 59.7 Å². The van der Waals surface area contributed by atoms with E-state index in [-0.39, 0.29) is 39.5 Å². The molecule has 1 saturated heterocycles. The van der Waals surface area contributed by atoms with E-state index in [1.807, 2.05) is 41.3 Å². The second-order valence-corrected chi connectivity index (χ2v) is 14.2. The van der Waals surface area contributed by atoms with Gasteiger partial charge in [0.05, 0.1) is 11.1 Å². The van der Waals surface area contributed by atoms with Gasteiger partial charge in [0.25, 0.3) is 5.91 Å². The fourth-order valence-electron chi connectivity index (χ4n) is 6.71. The Kier molecular flexibility index (Phi) is 8.63. The molecule has 3 aromatic carbocycles. The number of carbonyl (C=O) groups is 2. The molecular formula is C37H43FN4O4. The molecule has 2 N–H and O–H groups in total. The van der Waals surface area contributed by atoms with Crippen LogP contribution >= 0.6 is 0 Å². The van der Waals surface area contributed by atoms with Crippen molar-refractivity contribution in [2.24, 2.45) is 11.3 Å². The summed E-state index contributed by atoms with van der Waals surface area (Å²) in [6.45, 7) is 12.5. The minimum absolute atomic E-state index is 0.0537. The first-order valence-electron chi connectivity index (χ1n) is 16.3. The number of aromatic nitrogens is 1. The molecule has 0 aliphatic carbocycles. The number of anilines is 1. The Morgan fingerprint density at radius 3 is 2.54 bits per heavy atom. The molecule has 1 aromatic heterocycles. The predicted molar refractivity (Wildman–Crippen MR) is 181 cm³/mol. The molecule has 46 heavy (non-hydrogen) atoms. The number of hydrogen-bond donors (Lipinski definition) is 2. The van der Waals surface area contributed by atoms with Crippen LogP contribution in [0.4, 0.5) is 10.1 Å². The Morgan fingerprint density at radius 2 is 1.83 bits per heavy atom. The van der Waals surface area contributed by atoms with Crippen molar-refractivity contribution in [3.8, 4) is 17.2 Å². The largest absolute Gasteiger partial charge is 0.451 e. The van der Waals surface area contributed by atoms with Gasteiger partial charge in [-0.2, -0.15) is 0 Å². The summed E-state index contributed by atoms with van der Waals surface area (Å²) >= 11 is 0. The van der Waals surface area contributed by atoms with Crippen LogP contribution in [-0.2, 0) is 4.79 Å². The van der Waals surface area contributed by atoms with Gasteiger partial charge in [0.1, 0.15) is 22.6 Å². The van der Waals surface area contributed by atoms with Crippen molar-refractivity contribution in [2.75, 3.05) is 31.1 Å². The third-order valence-corrected chi connectivity index (χ3v) is 8.75. The zero-order valence-electron chi connectivity index (χ0n) is 27.3. The number of amides is 1. The number of carbonyl (C=O) groups excluding carboxylic acids is 2. The molecule has 4 aromatic rings. The molecule has 6 rings (SSSR count). The van der Waals surface area contributed by atoms with Crippen LogP contribution in [0.1, 0.15) is 70.7 Å². The second kappa shape index (κ2) is 12.5. The summed E-state index contributed by atoms with van der Waals surface area (Å²) in [5, 5.41) is 8.18. The lowest BCUT2D eigenvalue weighted by Gasteiger charge is -2.29. The van der Waals surface area contributed by atoms with Crippen molar-refractivity contribution in [1.29, 1.82) is 0 Å². The number of pyridine rings is 1. The summed E-state index contributed by atoms with van der Waals surface area (Å²) in [4.78, 5) is 41.9. The van der Waals surface area contributed by atoms with Crippen LogP contribution < -0.4 is 25.7 Å². The monoisotopic (exact) mass is 626 g/mol. The van der Waals surface area contributed by atoms with E-state index in [0.29, 0.717) is 61.9 Å². The molecule has 1 fully saturated rings. The Balaban J connectivity index is 1.41. The first-order chi connectivity index (χ1) is 21.9. The maximum atomic E-state index is 16.2. The normalized spacial score (nSPS) is 15.8. The van der Waals surface area contributed by atoms with Gasteiger partial charge in [-0.15, -0.1) is 0 Å². The Labute approximate surface area is 268 Å². The first-order valence-corrected chi connectivity index (χ1v) is 16.3. The van der Waals surface area contributed by atoms with Gasteiger partial charge in [-0.25, -0.2) is 4.39 Å². The number of nitrogens with zero attached hydrogens (tertiary/aromatic N) is 2. The summed E-state index contributed by atoms with van der Waals surface area (Å²) in [7, 11) is 0. The van der Waals surface area contributed by atoms with Crippen molar-refractivity contribution in [2.45, 2.75) is 66.3 Å². The minimum Gasteiger partial charge on any atom is -0.451 e. The maximum Gasteiger partial charge on any atom is 0.256 e. The molecule has 1 atom stereocenters. The molecule has 2 aliphatic heterocycles. The molecule has 0 bridgehead atoms. The highest BCUT2D eigenvalue weighted by Gasteiger charge is 2.34. The molecule has 1 amide bonds. The van der Waals surface area contributed by atoms with E-state index in [1.165, 1.54) is 6.07 Å². The molecule has 0 saturated carbocycles. The number of ketones is 1. The van der Waals surface area contributed by atoms with Crippen LogP contribution in [0.5, 0.6) is 11.5 Å². The Bertz CT molecular complexity index is 1890. The highest BCUT2D eigenvalue weighted by atomic mass is 19.1. The molecule has 1 unspecified atom stereocenters. The van der Waals surface area contributed by atoms with Crippen LogP contribution in [0.25, 0.3) is 27.4 Å². The van der Waals surface area contributed by atoms with Crippen LogP contribution in [0.3, 0.4) is 0 Å². The van der Waals surface area contributed by atoms with Gasteiger partial charge < -0.3 is 24.8 Å². The average molecular weight is 627 g/mol. The van der Waals surface area contributed by atoms with Gasteiger partial charge in [0.15, 0.2) is 17.3 Å². The summed E-state index contributed by atoms with van der Waals surface area (Å²) in [5.41, 5.74) is 0.683. The number of fused-ring (bicyclic) bond motifs is 3. The van der Waals surface area contributed by atoms with E-state index in [4.69, 9.17) is 4.74 Å². The molecule has 3 heterocycles. The van der Waals surface area contributed by atoms with Crippen molar-refractivity contribution < 1.29 is 18.7 Å². The summed E-state index contributed by atoms with van der Waals surface area (Å²) < 4.78 is 24.6. The predicted octanol–water partition coefficient (Wildman–Crippen LogP) is 6.73. The molecule has 0 radical (unpaired) electrons. The number of hydrogen-bond acceptors (Lipinski definition) is 6. The lowest BCUT2D eigenvalue weighted by molar-refractivity contribution is -0.121. The maximum absolute atomic E-state index is 16.2. The third kappa shape index (κ3) is 6.38. The van der Waals surface area contributed by atoms with E-state index in [9.17, 15) is 14.4 Å². The average Bonchev–Trinajstić information content (AvgIpc) is 3.43. The number of halogens is 1. The van der Waals surface area contributed by atoms with E-state index >= 15 is 4.39 Å². The van der Waals surface area contributed by atoms with E-state index in [2.05, 4.69) is 45.3 Å². The van der Waals surface area contributed by atoms with Crippen LogP contribution in [0.15, 0.2) is 53.5 Å². The number of benzene rings is 3. The standard InChI is InChI=1S/C37H43FN4O4/c1-22(2)39-12-8-13-40-36(45)28-21-42-30-16-24-9-6-7-10-25(24)17-31(30)46-35-32(42)27(34(28)44)18-29(38)33(35)41-14-11-23(20-41)15-26(43)19-37(3,4)5/h6-7,9-10,16-18,21-23,39H,8,11-15,19-20H2,1-5H3,(H,40,45). The second-order valence-electron chi connectivity index (χ2n) is 14.2. The number of Topliss-reactive ketones (excluding diaryl/α,β-unsaturated/α-hetero) is 1. The molecule has 8 nitrogen and oxygen atoms in total. The number of nitrogens with one attached hydrogen (secondary N) is 2. The van der Waals surface area contributed by atoms with Crippen LogP contribution in [0, 0.1) is 17.2 Å². The third-order valence-electron chi connectivity index (χ3n) is 8.75. The lowest BCUT2D eigenvalue weighted by atomic mass is 9.87. The molecular weight excluding hydrogens is 583 g/mol. The molecule has 0 spiro atoms. The minimum atomic E-state index is -0.589. The van der Waals surface area contributed by atoms with Gasteiger partial charge in [0.2, 0.25) is 5.43 Å². The fourth-order valence-corrected chi connectivity index (χ4v) is 6.71. The van der Waals surface area contributed by atoms with Gasteiger partial charge in [0, 0.05) is 44.7 Å². The van der Waals surface area contributed by atoms with Crippen LogP contribution in [0.2, 0.25) is 0 Å². The van der Waals surface area contributed by atoms with Crippen molar-refractivity contribution in [1.82, 2.24) is 15.2 Å². The van der Waals surface area contributed by atoms with Crippen molar-refractivity contribution in [3.05, 3.63) is 70.3 Å². The van der Waals surface area contributed by atoms with E-state index in [1.54, 1.807) is 10.8 Å². The molecule has 242 valence electrons. The first kappa shape index (κ1) is 31.7. The van der Waals surface area contributed by atoms with Crippen molar-refractivity contribution >= 4 is 39.1 Å². The topological polar surface area (TPSA) is 92.7 Å². The highest BCUT2D eigenvalue weighted by molar-refractivity contribution is 6.02. The number of rotatable bonds is 10.